The Morgan fingerprint density at radius 2 is 2.03 bits per heavy atom. The lowest BCUT2D eigenvalue weighted by Gasteiger charge is -2.19. The number of nitrogens with one attached hydrogen (secondary N) is 2. The molecule has 0 bridgehead atoms. The largest absolute Gasteiger partial charge is 0.493 e. The third-order valence-corrected chi connectivity index (χ3v) is 6.03. The van der Waals surface area contributed by atoms with E-state index in [9.17, 15) is 14.4 Å². The zero-order valence-electron chi connectivity index (χ0n) is 18.5. The van der Waals surface area contributed by atoms with E-state index in [4.69, 9.17) is 4.74 Å². The first-order chi connectivity index (χ1) is 15.4. The maximum Gasteiger partial charge on any atom is 0.325 e. The van der Waals surface area contributed by atoms with E-state index >= 15 is 0 Å². The van der Waals surface area contributed by atoms with E-state index in [1.54, 1.807) is 4.90 Å². The van der Waals surface area contributed by atoms with Crippen LogP contribution in [0.3, 0.4) is 0 Å². The van der Waals surface area contributed by atoms with Gasteiger partial charge in [0.2, 0.25) is 5.91 Å². The maximum atomic E-state index is 12.5. The van der Waals surface area contributed by atoms with E-state index in [0.717, 1.165) is 28.5 Å². The highest BCUT2D eigenvalue weighted by Crippen LogP contribution is 2.26. The molecule has 9 nitrogen and oxygen atoms in total. The van der Waals surface area contributed by atoms with Gasteiger partial charge in [-0.2, -0.15) is 5.10 Å². The Kier molecular flexibility index (Phi) is 6.43. The van der Waals surface area contributed by atoms with Crippen molar-refractivity contribution in [1.29, 1.82) is 0 Å². The van der Waals surface area contributed by atoms with Crippen LogP contribution >= 0.6 is 0 Å². The minimum absolute atomic E-state index is 0.0439. The molecule has 32 heavy (non-hydrogen) atoms. The fourth-order valence-electron chi connectivity index (χ4n) is 4.02. The summed E-state index contributed by atoms with van der Waals surface area (Å²) >= 11 is 0. The number of ether oxygens (including phenoxy) is 1. The molecular formula is C23H29N5O4. The van der Waals surface area contributed by atoms with Gasteiger partial charge in [0, 0.05) is 31.1 Å². The first-order valence-corrected chi connectivity index (χ1v) is 11.0. The molecule has 1 aromatic heterocycles. The molecule has 2 N–H and O–H groups in total. The molecule has 2 aromatic rings. The Bertz CT molecular complexity index is 969. The summed E-state index contributed by atoms with van der Waals surface area (Å²) < 4.78 is 5.84. The van der Waals surface area contributed by atoms with Crippen molar-refractivity contribution in [3.8, 4) is 5.75 Å². The summed E-state index contributed by atoms with van der Waals surface area (Å²) in [6.45, 7) is 5.74. The number of likely N-dealkylation sites (tertiary alicyclic amines) is 1. The number of carbonyl (C=O) groups is 3. The molecule has 0 radical (unpaired) electrons. The zero-order chi connectivity index (χ0) is 22.7. The number of imide groups is 1. The molecule has 9 heteroatoms. The second-order valence-electron chi connectivity index (χ2n) is 8.60. The van der Waals surface area contributed by atoms with E-state index in [2.05, 4.69) is 41.5 Å². The van der Waals surface area contributed by atoms with Crippen molar-refractivity contribution < 1.29 is 19.1 Å². The summed E-state index contributed by atoms with van der Waals surface area (Å²) in [7, 11) is 0. The van der Waals surface area contributed by atoms with E-state index in [-0.39, 0.29) is 30.8 Å². The van der Waals surface area contributed by atoms with Crippen LogP contribution in [-0.4, -0.2) is 70.6 Å². The van der Waals surface area contributed by atoms with Crippen molar-refractivity contribution in [3.63, 3.8) is 0 Å². The van der Waals surface area contributed by atoms with Crippen molar-refractivity contribution in [1.82, 2.24) is 25.3 Å². The molecule has 0 unspecified atom stereocenters. The van der Waals surface area contributed by atoms with Crippen molar-refractivity contribution >= 4 is 17.8 Å². The summed E-state index contributed by atoms with van der Waals surface area (Å²) in [5, 5.41) is 9.93. The number of aromatic nitrogens is 2. The lowest BCUT2D eigenvalue weighted by molar-refractivity contribution is -0.135. The summed E-state index contributed by atoms with van der Waals surface area (Å²) in [5.41, 5.74) is 3.20. The molecule has 3 heterocycles. The van der Waals surface area contributed by atoms with E-state index in [1.165, 1.54) is 5.56 Å². The third-order valence-electron chi connectivity index (χ3n) is 6.03. The first-order valence-electron chi connectivity index (χ1n) is 11.0. The highest BCUT2D eigenvalue weighted by atomic mass is 16.5. The number of hydrogen-bond acceptors (Lipinski definition) is 5. The lowest BCUT2D eigenvalue weighted by atomic mass is 10.0. The Balaban J connectivity index is 1.24. The Labute approximate surface area is 187 Å². The van der Waals surface area contributed by atoms with Crippen LogP contribution in [0.4, 0.5) is 4.79 Å². The molecule has 0 aliphatic carbocycles. The van der Waals surface area contributed by atoms with Crippen LogP contribution in [0.15, 0.2) is 30.3 Å². The van der Waals surface area contributed by atoms with Crippen LogP contribution in [-0.2, 0) is 16.0 Å². The van der Waals surface area contributed by atoms with Gasteiger partial charge in [0.05, 0.1) is 18.8 Å². The van der Waals surface area contributed by atoms with Gasteiger partial charge in [0.15, 0.2) is 0 Å². The van der Waals surface area contributed by atoms with Crippen molar-refractivity contribution in [3.05, 3.63) is 47.3 Å². The average molecular weight is 440 g/mol. The molecule has 0 saturated carbocycles. The van der Waals surface area contributed by atoms with Crippen LogP contribution in [0, 0.1) is 0 Å². The van der Waals surface area contributed by atoms with Crippen LogP contribution in [0.1, 0.15) is 49.1 Å². The van der Waals surface area contributed by atoms with Crippen LogP contribution in [0.5, 0.6) is 5.75 Å². The van der Waals surface area contributed by atoms with Gasteiger partial charge in [-0.25, -0.2) is 4.79 Å². The van der Waals surface area contributed by atoms with Crippen molar-refractivity contribution in [2.24, 2.45) is 0 Å². The molecule has 1 aromatic carbocycles. The van der Waals surface area contributed by atoms with Gasteiger partial charge in [-0.05, 0) is 36.1 Å². The summed E-state index contributed by atoms with van der Waals surface area (Å²) in [6.07, 6.45) is 1.51. The van der Waals surface area contributed by atoms with Crippen molar-refractivity contribution in [2.45, 2.75) is 38.5 Å². The minimum atomic E-state index is -0.505. The third kappa shape index (κ3) is 4.92. The topological polar surface area (TPSA) is 108 Å². The smallest absolute Gasteiger partial charge is 0.325 e. The Hall–Kier alpha value is -3.36. The number of H-pyrrole nitrogens is 1. The average Bonchev–Trinajstić information content (AvgIpc) is 3.51. The fourth-order valence-corrected chi connectivity index (χ4v) is 4.02. The molecule has 170 valence electrons. The highest BCUT2D eigenvalue weighted by molar-refractivity contribution is 6.04. The number of urea groups is 1. The van der Waals surface area contributed by atoms with Gasteiger partial charge >= 0.3 is 6.03 Å². The van der Waals surface area contributed by atoms with Crippen LogP contribution in [0.25, 0.3) is 0 Å². The molecule has 2 aliphatic rings. The normalized spacial score (nSPS) is 18.5. The highest BCUT2D eigenvalue weighted by Gasteiger charge is 2.34. The fraction of sp³-hybridized carbons (Fsp3) is 0.478. The van der Waals surface area contributed by atoms with Gasteiger partial charge in [-0.1, -0.05) is 26.0 Å². The summed E-state index contributed by atoms with van der Waals surface area (Å²) in [5.74, 6) is 0.900. The molecule has 2 saturated heterocycles. The number of benzene rings is 1. The summed E-state index contributed by atoms with van der Waals surface area (Å²) in [6, 6.07) is 9.70. The lowest BCUT2D eigenvalue weighted by Crippen LogP contribution is -2.42. The SMILES string of the molecule is CC(C)c1ccc(OCCc2cc([C@H]3CCN(C(=O)CN4C(=O)CNC4=O)C3)n[nH]2)cc1. The van der Waals surface area contributed by atoms with Gasteiger partial charge in [-0.3, -0.25) is 19.6 Å². The first kappa shape index (κ1) is 21.9. The van der Waals surface area contributed by atoms with E-state index in [1.807, 2.05) is 18.2 Å². The van der Waals surface area contributed by atoms with Crippen LogP contribution < -0.4 is 10.1 Å². The molecular weight excluding hydrogens is 410 g/mol. The second kappa shape index (κ2) is 9.42. The molecule has 2 aliphatic heterocycles. The van der Waals surface area contributed by atoms with Gasteiger partial charge < -0.3 is 15.0 Å². The number of hydrogen-bond donors (Lipinski definition) is 2. The number of aromatic amines is 1. The Morgan fingerprint density at radius 1 is 1.25 bits per heavy atom. The van der Waals surface area contributed by atoms with Gasteiger partial charge in [0.1, 0.15) is 12.3 Å². The molecule has 2 fully saturated rings. The van der Waals surface area contributed by atoms with Crippen LogP contribution in [0.2, 0.25) is 0 Å². The predicted octanol–water partition coefficient (Wildman–Crippen LogP) is 2.02. The monoisotopic (exact) mass is 439 g/mol. The molecule has 0 spiro atoms. The van der Waals surface area contributed by atoms with Gasteiger partial charge in [-0.15, -0.1) is 0 Å². The quantitative estimate of drug-likeness (QED) is 0.612. The van der Waals surface area contributed by atoms with Gasteiger partial charge in [0.25, 0.3) is 5.91 Å². The molecule has 4 rings (SSSR count). The predicted molar refractivity (Wildman–Crippen MR) is 117 cm³/mol. The molecule has 4 amide bonds. The van der Waals surface area contributed by atoms with E-state index < -0.39 is 6.03 Å². The second-order valence-corrected chi connectivity index (χ2v) is 8.60. The number of nitrogens with zero attached hydrogens (tertiary/aromatic N) is 3. The standard InChI is InChI=1S/C23H29N5O4/c1-15(2)16-3-5-19(6-4-16)32-10-8-18-11-20(26-25-18)17-7-9-27(13-17)22(30)14-28-21(29)12-24-23(28)31/h3-6,11,15,17H,7-10,12-14H2,1-2H3,(H,24,31)(H,25,26)/t17-/m0/s1. The maximum absolute atomic E-state index is 12.5. The zero-order valence-corrected chi connectivity index (χ0v) is 18.5. The number of amides is 4. The van der Waals surface area contributed by atoms with Crippen molar-refractivity contribution in [2.75, 3.05) is 32.8 Å². The Morgan fingerprint density at radius 3 is 2.72 bits per heavy atom. The number of rotatable bonds is 8. The van der Waals surface area contributed by atoms with E-state index in [0.29, 0.717) is 32.0 Å². The number of carbonyl (C=O) groups excluding carboxylic acids is 3. The summed E-state index contributed by atoms with van der Waals surface area (Å²) in [4.78, 5) is 38.5. The minimum Gasteiger partial charge on any atom is -0.493 e. The molecule has 1 atom stereocenters.